The maximum atomic E-state index is 11.4. The number of hydrogen-bond acceptors (Lipinski definition) is 7. The van der Waals surface area contributed by atoms with Crippen LogP contribution >= 0.6 is 23.5 Å². The Hall–Kier alpha value is -1.02. The predicted octanol–water partition coefficient (Wildman–Crippen LogP) is -0.275. The summed E-state index contributed by atoms with van der Waals surface area (Å²) in [5.74, 6) is 1.29. The standard InChI is InChI=1S/C8H10N4O2S2/c1-12-4-7(14-11-12)10-6(13)5-16-8-9-2-3-15-8/h4H,2-3,5H2,1H3. The highest BCUT2D eigenvalue weighted by molar-refractivity contribution is 8.39. The van der Waals surface area contributed by atoms with Crippen molar-refractivity contribution < 1.29 is 14.3 Å². The van der Waals surface area contributed by atoms with E-state index < -0.39 is 0 Å². The summed E-state index contributed by atoms with van der Waals surface area (Å²) in [4.78, 5) is 7.99. The minimum Gasteiger partial charge on any atom is -0.861 e. The van der Waals surface area contributed by atoms with Crippen molar-refractivity contribution >= 4 is 39.7 Å². The monoisotopic (exact) mass is 258 g/mol. The topological polar surface area (TPSA) is 77.7 Å². The van der Waals surface area contributed by atoms with Gasteiger partial charge < -0.3 is 5.11 Å². The van der Waals surface area contributed by atoms with E-state index in [1.165, 1.54) is 16.4 Å². The van der Waals surface area contributed by atoms with Gasteiger partial charge >= 0.3 is 5.88 Å². The molecule has 2 heterocycles. The quantitative estimate of drug-likeness (QED) is 0.423. The molecule has 0 radical (unpaired) electrons. The maximum absolute atomic E-state index is 11.4. The van der Waals surface area contributed by atoms with Crippen molar-refractivity contribution in [3.63, 3.8) is 0 Å². The summed E-state index contributed by atoms with van der Waals surface area (Å²) in [5.41, 5.74) is 0. The maximum Gasteiger partial charge on any atom is 0.320 e. The van der Waals surface area contributed by atoms with Crippen LogP contribution in [0.3, 0.4) is 0 Å². The fourth-order valence-electron chi connectivity index (χ4n) is 1.04. The van der Waals surface area contributed by atoms with Crippen LogP contribution in [0.2, 0.25) is 0 Å². The lowest BCUT2D eigenvalue weighted by Crippen LogP contribution is -2.27. The molecular weight excluding hydrogens is 248 g/mol. The van der Waals surface area contributed by atoms with E-state index in [-0.39, 0.29) is 17.5 Å². The summed E-state index contributed by atoms with van der Waals surface area (Å²) in [6.45, 7) is 0.844. The first-order valence-electron chi connectivity index (χ1n) is 4.61. The van der Waals surface area contributed by atoms with Crippen molar-refractivity contribution in [2.45, 2.75) is 0 Å². The fourth-order valence-corrected chi connectivity index (χ4v) is 2.84. The van der Waals surface area contributed by atoms with Crippen molar-refractivity contribution in [3.05, 3.63) is 6.20 Å². The van der Waals surface area contributed by atoms with Crippen molar-refractivity contribution in [2.24, 2.45) is 17.0 Å². The van der Waals surface area contributed by atoms with Gasteiger partial charge in [-0.2, -0.15) is 0 Å². The molecule has 0 spiro atoms. The minimum absolute atomic E-state index is 0.231. The van der Waals surface area contributed by atoms with Gasteiger partial charge in [0.05, 0.1) is 6.54 Å². The Labute approximate surface area is 101 Å². The van der Waals surface area contributed by atoms with Crippen molar-refractivity contribution in [3.8, 4) is 0 Å². The van der Waals surface area contributed by atoms with Gasteiger partial charge in [0.25, 0.3) is 6.20 Å². The number of rotatable bonds is 3. The van der Waals surface area contributed by atoms with Gasteiger partial charge in [-0.15, -0.1) is 0 Å². The smallest absolute Gasteiger partial charge is 0.320 e. The Bertz CT molecular complexity index is 429. The molecule has 0 bridgehead atoms. The summed E-state index contributed by atoms with van der Waals surface area (Å²) in [6, 6.07) is 0. The number of thioether (sulfide) groups is 2. The molecule has 16 heavy (non-hydrogen) atoms. The van der Waals surface area contributed by atoms with Crippen LogP contribution in [0.15, 0.2) is 20.7 Å². The normalized spacial score (nSPS) is 16.6. The second-order valence-corrected chi connectivity index (χ2v) is 5.31. The molecule has 0 unspecified atom stereocenters. The second kappa shape index (κ2) is 5.35. The zero-order valence-corrected chi connectivity index (χ0v) is 10.3. The lowest BCUT2D eigenvalue weighted by atomic mass is 10.7. The summed E-state index contributed by atoms with van der Waals surface area (Å²) in [5, 5.41) is 15.0. The fraction of sp³-hybridized carbons (Fsp3) is 0.500. The van der Waals surface area contributed by atoms with E-state index in [4.69, 9.17) is 4.52 Å². The average Bonchev–Trinajstić information content (AvgIpc) is 2.87. The van der Waals surface area contributed by atoms with Gasteiger partial charge in [0.15, 0.2) is 12.3 Å². The molecule has 0 aromatic carbocycles. The van der Waals surface area contributed by atoms with E-state index in [2.05, 4.69) is 15.3 Å². The lowest BCUT2D eigenvalue weighted by Gasteiger charge is -2.07. The van der Waals surface area contributed by atoms with Gasteiger partial charge in [-0.05, 0) is 5.90 Å². The van der Waals surface area contributed by atoms with Gasteiger partial charge in [-0.1, -0.05) is 28.2 Å². The highest BCUT2D eigenvalue weighted by Crippen LogP contribution is 2.21. The first kappa shape index (κ1) is 11.5. The predicted molar refractivity (Wildman–Crippen MR) is 62.0 cm³/mol. The Morgan fingerprint density at radius 3 is 3.31 bits per heavy atom. The summed E-state index contributed by atoms with van der Waals surface area (Å²) in [6.07, 6.45) is 1.55. The lowest BCUT2D eigenvalue weighted by molar-refractivity contribution is -0.739. The number of nitrogens with zero attached hydrogens (tertiary/aromatic N) is 4. The first-order valence-corrected chi connectivity index (χ1v) is 6.58. The molecule has 1 aromatic heterocycles. The third kappa shape index (κ3) is 3.24. The molecular formula is C8H10N4O2S2. The number of hydrogen-bond donors (Lipinski definition) is 0. The van der Waals surface area contributed by atoms with E-state index >= 15 is 0 Å². The third-order valence-electron chi connectivity index (χ3n) is 1.67. The molecule has 2 rings (SSSR count). The Balaban J connectivity index is 1.87. The molecule has 1 aliphatic rings. The molecule has 0 aliphatic carbocycles. The van der Waals surface area contributed by atoms with Crippen LogP contribution in [0, 0.1) is 0 Å². The van der Waals surface area contributed by atoms with Gasteiger partial charge in [-0.3, -0.25) is 9.52 Å². The van der Waals surface area contributed by atoms with E-state index in [1.54, 1.807) is 25.0 Å². The van der Waals surface area contributed by atoms with Crippen molar-refractivity contribution in [1.82, 2.24) is 5.27 Å². The van der Waals surface area contributed by atoms with Gasteiger partial charge in [0.2, 0.25) is 0 Å². The molecule has 0 fully saturated rings. The van der Waals surface area contributed by atoms with Gasteiger partial charge in [0, 0.05) is 11.5 Å². The van der Waals surface area contributed by atoms with Crippen LogP contribution in [0.1, 0.15) is 0 Å². The summed E-state index contributed by atoms with van der Waals surface area (Å²) in [7, 11) is 1.70. The first-order chi connectivity index (χ1) is 7.74. The van der Waals surface area contributed by atoms with Crippen LogP contribution in [0.25, 0.3) is 0 Å². The number of aromatic nitrogens is 2. The molecule has 8 heteroatoms. The third-order valence-corrected chi connectivity index (χ3v) is 3.91. The van der Waals surface area contributed by atoms with Crippen LogP contribution in [0.4, 0.5) is 5.88 Å². The van der Waals surface area contributed by atoms with Crippen LogP contribution < -0.4 is 9.79 Å². The van der Waals surface area contributed by atoms with Crippen molar-refractivity contribution in [1.29, 1.82) is 0 Å². The second-order valence-electron chi connectivity index (χ2n) is 3.00. The zero-order valence-electron chi connectivity index (χ0n) is 8.62. The molecule has 1 aromatic rings. The highest BCUT2D eigenvalue weighted by Gasteiger charge is 2.08. The largest absolute Gasteiger partial charge is 0.861 e. The average molecular weight is 258 g/mol. The minimum atomic E-state index is -0.239. The van der Waals surface area contributed by atoms with Crippen LogP contribution in [-0.4, -0.2) is 33.6 Å². The Kier molecular flexibility index (Phi) is 3.83. The molecule has 6 nitrogen and oxygen atoms in total. The van der Waals surface area contributed by atoms with Crippen LogP contribution in [-0.2, 0) is 7.05 Å². The summed E-state index contributed by atoms with van der Waals surface area (Å²) < 4.78 is 7.21. The Morgan fingerprint density at radius 1 is 1.81 bits per heavy atom. The molecule has 0 amide bonds. The van der Waals surface area contributed by atoms with Crippen LogP contribution in [0.5, 0.6) is 0 Å². The molecule has 0 atom stereocenters. The Morgan fingerprint density at radius 2 is 2.69 bits per heavy atom. The van der Waals surface area contributed by atoms with E-state index in [1.807, 2.05) is 0 Å². The van der Waals surface area contributed by atoms with Crippen molar-refractivity contribution in [2.75, 3.05) is 18.1 Å². The molecule has 0 saturated heterocycles. The molecule has 1 aliphatic heterocycles. The number of aryl methyl sites for hydroxylation is 1. The highest BCUT2D eigenvalue weighted by atomic mass is 32.2. The van der Waals surface area contributed by atoms with Gasteiger partial charge in [0.1, 0.15) is 4.38 Å². The molecule has 0 N–H and O–H groups in total. The molecule has 0 saturated carbocycles. The van der Waals surface area contributed by atoms with E-state index in [0.717, 1.165) is 16.7 Å². The summed E-state index contributed by atoms with van der Waals surface area (Å²) >= 11 is 3.09. The molecule has 86 valence electrons. The zero-order chi connectivity index (χ0) is 11.4. The number of aliphatic imine (C=N–C) groups is 2. The van der Waals surface area contributed by atoms with Gasteiger partial charge in [-0.25, -0.2) is 4.99 Å². The SMILES string of the molecule is C[n+]1cc(/N=C(/[O-])CSC2=NCCS2)on1. The van der Waals surface area contributed by atoms with E-state index in [9.17, 15) is 5.11 Å². The van der Waals surface area contributed by atoms with E-state index in [0.29, 0.717) is 0 Å².